The van der Waals surface area contributed by atoms with Gasteiger partial charge in [-0.2, -0.15) is 0 Å². The van der Waals surface area contributed by atoms with Crippen LogP contribution in [0.5, 0.6) is 0 Å². The lowest BCUT2D eigenvalue weighted by Crippen LogP contribution is -2.30. The predicted octanol–water partition coefficient (Wildman–Crippen LogP) is 3.68. The molecule has 0 aliphatic rings. The van der Waals surface area contributed by atoms with Crippen LogP contribution in [-0.4, -0.2) is 20.3 Å². The zero-order valence-corrected chi connectivity index (χ0v) is 12.9. The molecule has 0 saturated carbocycles. The maximum atomic E-state index is 12.0. The number of nitrogens with one attached hydrogen (secondary N) is 1. The molecular formula is C11H14Cl3NO2S. The summed E-state index contributed by atoms with van der Waals surface area (Å²) in [7, 11) is -3.68. The molecule has 0 bridgehead atoms. The van der Waals surface area contributed by atoms with E-state index in [-0.39, 0.29) is 21.8 Å². The summed E-state index contributed by atoms with van der Waals surface area (Å²) in [6, 6.07) is 4.29. The lowest BCUT2D eigenvalue weighted by molar-refractivity contribution is 0.577. The van der Waals surface area contributed by atoms with Gasteiger partial charge in [0.1, 0.15) is 4.90 Å². The van der Waals surface area contributed by atoms with E-state index in [4.69, 9.17) is 34.8 Å². The molecule has 0 fully saturated rings. The van der Waals surface area contributed by atoms with E-state index < -0.39 is 10.0 Å². The summed E-state index contributed by atoms with van der Waals surface area (Å²) in [5.41, 5.74) is 0. The van der Waals surface area contributed by atoms with Crippen LogP contribution in [0.4, 0.5) is 0 Å². The molecule has 1 rings (SSSR count). The lowest BCUT2D eigenvalue weighted by Gasteiger charge is -2.11. The summed E-state index contributed by atoms with van der Waals surface area (Å²) in [4.78, 5) is -0.0305. The highest BCUT2D eigenvalue weighted by Crippen LogP contribution is 2.24. The standard InChI is InChI=1S/C11H14Cl3NO2S/c1-2-3-9(13)7-15-18(16,17)11-6-8(12)4-5-10(11)14/h4-6,9,15H,2-3,7H2,1H3. The number of sulfonamides is 1. The molecule has 18 heavy (non-hydrogen) atoms. The molecular weight excluding hydrogens is 317 g/mol. The van der Waals surface area contributed by atoms with E-state index in [2.05, 4.69) is 4.72 Å². The van der Waals surface area contributed by atoms with Crippen molar-refractivity contribution >= 4 is 44.8 Å². The van der Waals surface area contributed by atoms with Gasteiger partial charge < -0.3 is 0 Å². The Morgan fingerprint density at radius 2 is 2.00 bits per heavy atom. The van der Waals surface area contributed by atoms with E-state index >= 15 is 0 Å². The highest BCUT2D eigenvalue weighted by molar-refractivity contribution is 7.89. The first-order chi connectivity index (χ1) is 8.36. The molecule has 3 nitrogen and oxygen atoms in total. The average Bonchev–Trinajstić information content (AvgIpc) is 2.30. The van der Waals surface area contributed by atoms with Gasteiger partial charge in [-0.05, 0) is 24.6 Å². The normalized spacial score (nSPS) is 13.6. The molecule has 1 atom stereocenters. The Bertz CT molecular complexity index is 505. The monoisotopic (exact) mass is 329 g/mol. The van der Waals surface area contributed by atoms with Crippen molar-refractivity contribution in [2.75, 3.05) is 6.54 Å². The van der Waals surface area contributed by atoms with Gasteiger partial charge >= 0.3 is 0 Å². The minimum absolute atomic E-state index is 0.0305. The SMILES string of the molecule is CCCC(Cl)CNS(=O)(=O)c1cc(Cl)ccc1Cl. The van der Waals surface area contributed by atoms with Crippen molar-refractivity contribution in [1.82, 2.24) is 4.72 Å². The molecule has 0 heterocycles. The highest BCUT2D eigenvalue weighted by Gasteiger charge is 2.19. The number of benzene rings is 1. The van der Waals surface area contributed by atoms with Gasteiger partial charge in [-0.1, -0.05) is 36.5 Å². The van der Waals surface area contributed by atoms with E-state index in [1.807, 2.05) is 6.92 Å². The minimum Gasteiger partial charge on any atom is -0.210 e. The number of rotatable bonds is 6. The zero-order chi connectivity index (χ0) is 13.8. The van der Waals surface area contributed by atoms with Crippen molar-refractivity contribution < 1.29 is 8.42 Å². The number of hydrogen-bond acceptors (Lipinski definition) is 2. The number of hydrogen-bond donors (Lipinski definition) is 1. The van der Waals surface area contributed by atoms with Crippen LogP contribution >= 0.6 is 34.8 Å². The number of halogens is 3. The third-order valence-electron chi connectivity index (χ3n) is 2.28. The summed E-state index contributed by atoms with van der Waals surface area (Å²) in [6.07, 6.45) is 1.64. The summed E-state index contributed by atoms with van der Waals surface area (Å²) in [5.74, 6) is 0. The minimum atomic E-state index is -3.68. The van der Waals surface area contributed by atoms with Crippen LogP contribution in [0.1, 0.15) is 19.8 Å². The third-order valence-corrected chi connectivity index (χ3v) is 4.79. The van der Waals surface area contributed by atoms with E-state index in [1.165, 1.54) is 18.2 Å². The van der Waals surface area contributed by atoms with Gasteiger partial charge in [0.05, 0.1) is 5.02 Å². The molecule has 102 valence electrons. The molecule has 1 N–H and O–H groups in total. The van der Waals surface area contributed by atoms with Crippen LogP contribution in [0.2, 0.25) is 10.0 Å². The molecule has 0 spiro atoms. The van der Waals surface area contributed by atoms with Gasteiger partial charge in [0.2, 0.25) is 10.0 Å². The second-order valence-corrected chi connectivity index (χ2v) is 7.01. The topological polar surface area (TPSA) is 46.2 Å². The molecule has 7 heteroatoms. The van der Waals surface area contributed by atoms with Gasteiger partial charge in [0.25, 0.3) is 0 Å². The fraction of sp³-hybridized carbons (Fsp3) is 0.455. The summed E-state index contributed by atoms with van der Waals surface area (Å²) in [5, 5.41) is 0.215. The highest BCUT2D eigenvalue weighted by atomic mass is 35.5. The van der Waals surface area contributed by atoms with Crippen LogP contribution in [0.15, 0.2) is 23.1 Å². The second kappa shape index (κ2) is 6.96. The third kappa shape index (κ3) is 4.59. The van der Waals surface area contributed by atoms with Crippen molar-refractivity contribution in [2.45, 2.75) is 30.0 Å². The Balaban J connectivity index is 2.83. The molecule has 0 amide bonds. The first-order valence-electron chi connectivity index (χ1n) is 5.45. The Labute approximate surface area is 122 Å². The fourth-order valence-corrected chi connectivity index (χ4v) is 3.61. The van der Waals surface area contributed by atoms with Crippen molar-refractivity contribution in [3.05, 3.63) is 28.2 Å². The second-order valence-electron chi connectivity index (χ2n) is 3.81. The first kappa shape index (κ1) is 16.1. The van der Waals surface area contributed by atoms with Crippen LogP contribution in [0.3, 0.4) is 0 Å². The predicted molar refractivity (Wildman–Crippen MR) is 76.2 cm³/mol. The Kier molecular flexibility index (Phi) is 6.21. The largest absolute Gasteiger partial charge is 0.242 e. The summed E-state index contributed by atoms with van der Waals surface area (Å²) in [6.45, 7) is 2.15. The van der Waals surface area contributed by atoms with Gasteiger partial charge in [-0.25, -0.2) is 13.1 Å². The quantitative estimate of drug-likeness (QED) is 0.809. The van der Waals surface area contributed by atoms with E-state index in [9.17, 15) is 8.42 Å². The van der Waals surface area contributed by atoms with Crippen molar-refractivity contribution in [1.29, 1.82) is 0 Å². The zero-order valence-electron chi connectivity index (χ0n) is 9.79. The Hall–Kier alpha value is -0.000000000000000111. The van der Waals surface area contributed by atoms with E-state index in [0.29, 0.717) is 5.02 Å². The van der Waals surface area contributed by atoms with Crippen LogP contribution < -0.4 is 4.72 Å². The first-order valence-corrected chi connectivity index (χ1v) is 8.13. The van der Waals surface area contributed by atoms with Crippen molar-refractivity contribution in [2.24, 2.45) is 0 Å². The van der Waals surface area contributed by atoms with Crippen LogP contribution in [-0.2, 0) is 10.0 Å². The molecule has 1 aromatic carbocycles. The van der Waals surface area contributed by atoms with E-state index in [0.717, 1.165) is 12.8 Å². The molecule has 0 aliphatic carbocycles. The maximum absolute atomic E-state index is 12.0. The van der Waals surface area contributed by atoms with E-state index in [1.54, 1.807) is 0 Å². The fourth-order valence-electron chi connectivity index (χ4n) is 1.38. The van der Waals surface area contributed by atoms with Crippen LogP contribution in [0.25, 0.3) is 0 Å². The van der Waals surface area contributed by atoms with Gasteiger partial charge in [-0.15, -0.1) is 11.6 Å². The van der Waals surface area contributed by atoms with Gasteiger partial charge in [0.15, 0.2) is 0 Å². The average molecular weight is 331 g/mol. The molecule has 0 aliphatic heterocycles. The lowest BCUT2D eigenvalue weighted by atomic mass is 10.2. The smallest absolute Gasteiger partial charge is 0.210 e. The molecule has 0 saturated heterocycles. The summed E-state index contributed by atoms with van der Waals surface area (Å²) < 4.78 is 26.4. The van der Waals surface area contributed by atoms with Gasteiger partial charge in [0, 0.05) is 16.9 Å². The molecule has 1 unspecified atom stereocenters. The number of alkyl halides is 1. The summed E-state index contributed by atoms with van der Waals surface area (Å²) >= 11 is 17.6. The van der Waals surface area contributed by atoms with Crippen molar-refractivity contribution in [3.8, 4) is 0 Å². The van der Waals surface area contributed by atoms with Gasteiger partial charge in [-0.3, -0.25) is 0 Å². The van der Waals surface area contributed by atoms with Crippen molar-refractivity contribution in [3.63, 3.8) is 0 Å². The Morgan fingerprint density at radius 1 is 1.33 bits per heavy atom. The van der Waals surface area contributed by atoms with Crippen LogP contribution in [0, 0.1) is 0 Å². The molecule has 1 aromatic rings. The molecule has 0 aromatic heterocycles. The molecule has 0 radical (unpaired) electrons. The maximum Gasteiger partial charge on any atom is 0.242 e. The Morgan fingerprint density at radius 3 is 2.61 bits per heavy atom.